The van der Waals surface area contributed by atoms with Crippen molar-refractivity contribution in [3.05, 3.63) is 48.2 Å². The van der Waals surface area contributed by atoms with Crippen molar-refractivity contribution in [2.45, 2.75) is 86.7 Å². The molecular weight excluding hydrogens is 707 g/mol. The van der Waals surface area contributed by atoms with Crippen molar-refractivity contribution in [3.63, 3.8) is 0 Å². The zero-order chi connectivity index (χ0) is 37.2. The van der Waals surface area contributed by atoms with E-state index in [9.17, 15) is 32.4 Å². The Labute approximate surface area is 307 Å². The van der Waals surface area contributed by atoms with E-state index in [0.717, 1.165) is 18.2 Å². The van der Waals surface area contributed by atoms with Crippen LogP contribution in [0.4, 0.5) is 4.79 Å². The van der Waals surface area contributed by atoms with Crippen molar-refractivity contribution in [3.8, 4) is 5.75 Å². The van der Waals surface area contributed by atoms with Crippen LogP contribution in [0.15, 0.2) is 42.5 Å². The Balaban J connectivity index is 1.19. The van der Waals surface area contributed by atoms with Crippen molar-refractivity contribution in [2.24, 2.45) is 5.92 Å². The second kappa shape index (κ2) is 15.3. The van der Waals surface area contributed by atoms with Crippen LogP contribution in [-0.2, 0) is 29.1 Å². The lowest BCUT2D eigenvalue weighted by Gasteiger charge is -2.30. The Morgan fingerprint density at radius 2 is 1.83 bits per heavy atom. The van der Waals surface area contributed by atoms with Gasteiger partial charge in [0.1, 0.15) is 41.2 Å². The van der Waals surface area contributed by atoms with E-state index >= 15 is 0 Å². The number of para-hydroxylation sites is 1. The van der Waals surface area contributed by atoms with Crippen molar-refractivity contribution in [2.75, 3.05) is 32.9 Å². The molecular formula is C36H45N7O9S. The fourth-order valence-corrected chi connectivity index (χ4v) is 8.65. The minimum Gasteiger partial charge on any atom is -0.489 e. The number of nitrogens with zero attached hydrogens (tertiary/aromatic N) is 2. The zero-order valence-corrected chi connectivity index (χ0v) is 30.1. The molecule has 4 heterocycles. The summed E-state index contributed by atoms with van der Waals surface area (Å²) in [6.45, 7) is 0.739. The highest BCUT2D eigenvalue weighted by Crippen LogP contribution is 2.46. The topological polar surface area (TPSA) is 214 Å². The smallest absolute Gasteiger partial charge is 0.315 e. The first-order valence-electron chi connectivity index (χ1n) is 18.3. The maximum absolute atomic E-state index is 14.4. The van der Waals surface area contributed by atoms with Gasteiger partial charge in [0.15, 0.2) is 0 Å². The quantitative estimate of drug-likeness (QED) is 0.281. The lowest BCUT2D eigenvalue weighted by Crippen LogP contribution is -2.58. The van der Waals surface area contributed by atoms with Gasteiger partial charge in [-0.15, -0.1) is 0 Å². The average molecular weight is 752 g/mol. The van der Waals surface area contributed by atoms with Crippen LogP contribution in [0.2, 0.25) is 0 Å². The first-order valence-corrected chi connectivity index (χ1v) is 19.9. The van der Waals surface area contributed by atoms with E-state index < -0.39 is 74.5 Å². The van der Waals surface area contributed by atoms with Crippen molar-refractivity contribution in [1.82, 2.24) is 35.9 Å². The largest absolute Gasteiger partial charge is 0.489 e. The summed E-state index contributed by atoms with van der Waals surface area (Å²) in [5.74, 6) is -2.50. The second-order valence-corrected chi connectivity index (χ2v) is 16.3. The Morgan fingerprint density at radius 1 is 0.981 bits per heavy atom. The zero-order valence-electron chi connectivity index (χ0n) is 29.3. The monoisotopic (exact) mass is 751 g/mol. The Morgan fingerprint density at radius 3 is 2.66 bits per heavy atom. The highest BCUT2D eigenvalue weighted by Gasteiger charge is 2.62. The molecule has 16 nitrogen and oxygen atoms in total. The molecule has 17 heteroatoms. The number of amides is 6. The summed E-state index contributed by atoms with van der Waals surface area (Å²) in [4.78, 5) is 74.9. The van der Waals surface area contributed by atoms with Crippen LogP contribution < -0.4 is 30.7 Å². The molecule has 5 aliphatic rings. The molecule has 0 spiro atoms. The van der Waals surface area contributed by atoms with Crippen LogP contribution in [0.25, 0.3) is 10.9 Å². The van der Waals surface area contributed by atoms with Crippen LogP contribution >= 0.6 is 0 Å². The third-order valence-corrected chi connectivity index (χ3v) is 12.3. The normalized spacial score (nSPS) is 29.6. The van der Waals surface area contributed by atoms with Gasteiger partial charge < -0.3 is 35.6 Å². The lowest BCUT2D eigenvalue weighted by molar-refractivity contribution is -0.141. The highest BCUT2D eigenvalue weighted by molar-refractivity contribution is 7.91. The van der Waals surface area contributed by atoms with Crippen molar-refractivity contribution < 1.29 is 41.9 Å². The fraction of sp³-hybridized carbons (Fsp3) is 0.556. The van der Waals surface area contributed by atoms with Crippen LogP contribution in [0.5, 0.6) is 5.75 Å². The number of pyridine rings is 1. The number of allylic oxidation sites excluding steroid dienone is 1. The maximum Gasteiger partial charge on any atom is 0.315 e. The molecule has 2 aliphatic carbocycles. The standard InChI is InChI=1S/C36H45N7O9S/c44-31-26-14-11-22-7-6-10-29(30(22)39-26)52-18-17-51-16-15-37-35(48)40-27-9-5-3-1-2-4-8-23-20-36(23,34(47)42-53(49,50)25-12-13-25)41-32(45)28-19-24(38-31)21-43(28)33(27)46/h4,6-8,10-11,14,23-25,27-28H,1-3,5,9,12-13,15-21H2,(H,38,44)(H,41,45)(H,42,47)(H2,37,40,48)/b8-4-/t23-,24-,27+,28+,36?/m1/s1. The summed E-state index contributed by atoms with van der Waals surface area (Å²) in [7, 11) is -3.90. The summed E-state index contributed by atoms with van der Waals surface area (Å²) in [5, 5.41) is 11.4. The van der Waals surface area contributed by atoms with E-state index in [1.807, 2.05) is 24.3 Å². The van der Waals surface area contributed by atoms with Crippen molar-refractivity contribution >= 4 is 50.6 Å². The van der Waals surface area contributed by atoms with Gasteiger partial charge in [-0.1, -0.05) is 43.2 Å². The predicted molar refractivity (Wildman–Crippen MR) is 191 cm³/mol. The third kappa shape index (κ3) is 8.25. The van der Waals surface area contributed by atoms with Gasteiger partial charge in [0.25, 0.3) is 11.8 Å². The number of aromatic nitrogens is 1. The van der Waals surface area contributed by atoms with Gasteiger partial charge in [0.2, 0.25) is 21.8 Å². The van der Waals surface area contributed by atoms with Gasteiger partial charge in [0, 0.05) is 30.4 Å². The predicted octanol–water partition coefficient (Wildman–Crippen LogP) is 1.01. The molecule has 3 aliphatic heterocycles. The summed E-state index contributed by atoms with van der Waals surface area (Å²) < 4.78 is 39.3. The molecule has 1 saturated heterocycles. The molecule has 0 radical (unpaired) electrons. The Kier molecular flexibility index (Phi) is 10.6. The first-order chi connectivity index (χ1) is 25.5. The number of ether oxygens (including phenoxy) is 2. The number of carbonyl (C=O) groups excluding carboxylic acids is 5. The SMILES string of the molecule is O=C1NCCOCCOc2cccc3ccc(nc23)C(=O)N[C@@H]2C[C@H]3C(=O)NC4(C(=O)NS(=O)(=O)C5CC5)C[C@H]4/C=C\CCCCC[C@H](N1)C(=O)N3C2. The maximum atomic E-state index is 14.4. The first kappa shape index (κ1) is 36.6. The number of urea groups is 1. The number of hydrogen-bond donors (Lipinski definition) is 5. The lowest BCUT2D eigenvalue weighted by atomic mass is 10.0. The summed E-state index contributed by atoms with van der Waals surface area (Å²) in [5.41, 5.74) is -0.940. The molecule has 3 fully saturated rings. The second-order valence-electron chi connectivity index (χ2n) is 14.4. The van der Waals surface area contributed by atoms with Gasteiger partial charge in [-0.3, -0.25) is 23.9 Å². The van der Waals surface area contributed by atoms with Crippen LogP contribution in [0.1, 0.15) is 68.3 Å². The molecule has 7 rings (SSSR count). The summed E-state index contributed by atoms with van der Waals surface area (Å²) in [6, 6.07) is 5.34. The van der Waals surface area contributed by atoms with Crippen molar-refractivity contribution in [1.29, 1.82) is 0 Å². The van der Waals surface area contributed by atoms with Crippen LogP contribution in [-0.4, -0.2) is 110 Å². The minimum absolute atomic E-state index is 0.0000880. The molecule has 5 atom stereocenters. The summed E-state index contributed by atoms with van der Waals surface area (Å²) >= 11 is 0. The fourth-order valence-electron chi connectivity index (χ4n) is 7.29. The molecule has 1 aromatic carbocycles. The molecule has 53 heavy (non-hydrogen) atoms. The van der Waals surface area contributed by atoms with E-state index in [4.69, 9.17) is 9.47 Å². The number of rotatable bonds is 3. The number of fused-ring (bicyclic) bond motifs is 4. The van der Waals surface area contributed by atoms with Gasteiger partial charge in [-0.25, -0.2) is 18.2 Å². The minimum atomic E-state index is -3.90. The number of sulfonamides is 1. The molecule has 2 saturated carbocycles. The number of nitrogens with one attached hydrogen (secondary N) is 5. The highest BCUT2D eigenvalue weighted by atomic mass is 32.2. The van der Waals surface area contributed by atoms with Gasteiger partial charge in [-0.05, 0) is 57.1 Å². The summed E-state index contributed by atoms with van der Waals surface area (Å²) in [6.07, 6.45) is 8.02. The van der Waals surface area contributed by atoms with Gasteiger partial charge in [-0.2, -0.15) is 0 Å². The van der Waals surface area contributed by atoms with Gasteiger partial charge >= 0.3 is 6.03 Å². The third-order valence-electron chi connectivity index (χ3n) is 10.5. The van der Waals surface area contributed by atoms with Crippen LogP contribution in [0, 0.1) is 5.92 Å². The number of carbonyl (C=O) groups is 5. The molecule has 1 aromatic heterocycles. The molecule has 2 aromatic rings. The molecule has 1 unspecified atom stereocenters. The van der Waals surface area contributed by atoms with E-state index in [1.54, 1.807) is 18.2 Å². The molecule has 284 valence electrons. The van der Waals surface area contributed by atoms with E-state index in [2.05, 4.69) is 31.0 Å². The average Bonchev–Trinajstić information content (AvgIpc) is 4.06. The molecule has 6 amide bonds. The van der Waals surface area contributed by atoms with E-state index in [1.165, 1.54) is 4.90 Å². The Hall–Kier alpha value is -4.77. The molecule has 5 N–H and O–H groups in total. The van der Waals surface area contributed by atoms with E-state index in [-0.39, 0.29) is 51.4 Å². The molecule has 5 bridgehead atoms. The van der Waals surface area contributed by atoms with E-state index in [0.29, 0.717) is 43.4 Å². The van der Waals surface area contributed by atoms with Gasteiger partial charge in [0.05, 0.1) is 18.5 Å². The Bertz CT molecular complexity index is 1920. The number of benzene rings is 1. The van der Waals surface area contributed by atoms with Crippen LogP contribution in [0.3, 0.4) is 0 Å². The number of hydrogen-bond acceptors (Lipinski definition) is 10.